The van der Waals surface area contributed by atoms with E-state index >= 15 is 0 Å². The van der Waals surface area contributed by atoms with Gasteiger partial charge in [-0.25, -0.2) is 9.37 Å². The van der Waals surface area contributed by atoms with Crippen molar-refractivity contribution in [1.82, 2.24) is 9.97 Å². The molecular formula is C11H9FN2O2. The van der Waals surface area contributed by atoms with Gasteiger partial charge in [0.25, 0.3) is 5.56 Å². The second-order valence-corrected chi connectivity index (χ2v) is 3.40. The average molecular weight is 220 g/mol. The number of aromatic nitrogens is 2. The third kappa shape index (κ3) is 1.93. The summed E-state index contributed by atoms with van der Waals surface area (Å²) in [5.74, 6) is -0.899. The molecule has 2 aromatic rings. The summed E-state index contributed by atoms with van der Waals surface area (Å²) >= 11 is 0. The minimum absolute atomic E-state index is 0.281. The van der Waals surface area contributed by atoms with Gasteiger partial charge in [0.1, 0.15) is 5.82 Å². The fraction of sp³-hybridized carbons (Fsp3) is 0.0909. The summed E-state index contributed by atoms with van der Waals surface area (Å²) in [4.78, 5) is 17.8. The number of nitrogens with one attached hydrogen (secondary N) is 1. The van der Waals surface area contributed by atoms with E-state index in [1.807, 2.05) is 0 Å². The van der Waals surface area contributed by atoms with Gasteiger partial charge >= 0.3 is 0 Å². The normalized spacial score (nSPS) is 10.4. The highest BCUT2D eigenvalue weighted by Gasteiger charge is 2.06. The lowest BCUT2D eigenvalue weighted by molar-refractivity contribution is 0.432. The minimum Gasteiger partial charge on any atom is -0.505 e. The molecule has 0 bridgehead atoms. The molecule has 1 heterocycles. The Bertz CT molecular complexity index is 593. The van der Waals surface area contributed by atoms with Crippen molar-refractivity contribution in [2.45, 2.75) is 6.92 Å². The van der Waals surface area contributed by atoms with Crippen molar-refractivity contribution >= 4 is 0 Å². The smallest absolute Gasteiger partial charge is 0.251 e. The fourth-order valence-corrected chi connectivity index (χ4v) is 1.37. The summed E-state index contributed by atoms with van der Waals surface area (Å²) in [7, 11) is 0. The van der Waals surface area contributed by atoms with Gasteiger partial charge < -0.3 is 10.1 Å². The maximum absolute atomic E-state index is 13.1. The Morgan fingerprint density at radius 1 is 1.38 bits per heavy atom. The summed E-state index contributed by atoms with van der Waals surface area (Å²) in [5, 5.41) is 9.03. The zero-order valence-corrected chi connectivity index (χ0v) is 8.49. The van der Waals surface area contributed by atoms with Gasteiger partial charge in [0.15, 0.2) is 11.6 Å². The predicted molar refractivity (Wildman–Crippen MR) is 56.7 cm³/mol. The zero-order chi connectivity index (χ0) is 11.7. The van der Waals surface area contributed by atoms with Crippen molar-refractivity contribution in [3.8, 4) is 17.1 Å². The van der Waals surface area contributed by atoms with E-state index in [1.54, 1.807) is 6.92 Å². The maximum atomic E-state index is 13.1. The molecule has 82 valence electrons. The highest BCUT2D eigenvalue weighted by atomic mass is 19.1. The van der Waals surface area contributed by atoms with Crippen LogP contribution in [0.25, 0.3) is 11.4 Å². The number of halogens is 1. The van der Waals surface area contributed by atoms with Crippen LogP contribution in [0.2, 0.25) is 0 Å². The Morgan fingerprint density at radius 3 is 2.75 bits per heavy atom. The van der Waals surface area contributed by atoms with Crippen LogP contribution in [0.3, 0.4) is 0 Å². The van der Waals surface area contributed by atoms with Crippen LogP contribution in [-0.4, -0.2) is 15.1 Å². The number of nitrogens with zero attached hydrogens (tertiary/aromatic N) is 1. The number of hydrogen-bond acceptors (Lipinski definition) is 3. The molecule has 0 fully saturated rings. The third-order valence-corrected chi connectivity index (χ3v) is 2.09. The van der Waals surface area contributed by atoms with Crippen LogP contribution in [0.4, 0.5) is 4.39 Å². The van der Waals surface area contributed by atoms with E-state index in [9.17, 15) is 9.18 Å². The molecule has 0 amide bonds. The third-order valence-electron chi connectivity index (χ3n) is 2.09. The lowest BCUT2D eigenvalue weighted by atomic mass is 10.2. The second-order valence-electron chi connectivity index (χ2n) is 3.40. The van der Waals surface area contributed by atoms with Crippen LogP contribution >= 0.6 is 0 Å². The fourth-order valence-electron chi connectivity index (χ4n) is 1.37. The van der Waals surface area contributed by atoms with Gasteiger partial charge in [-0.2, -0.15) is 0 Å². The van der Waals surface area contributed by atoms with Crippen LogP contribution in [0.1, 0.15) is 5.69 Å². The SMILES string of the molecule is Cc1cc(=O)[nH]c(-c2ccc(O)c(F)c2)n1. The number of phenols is 1. The quantitative estimate of drug-likeness (QED) is 0.766. The Hall–Kier alpha value is -2.17. The molecule has 0 unspecified atom stereocenters. The molecule has 0 saturated heterocycles. The van der Waals surface area contributed by atoms with Crippen molar-refractivity contribution < 1.29 is 9.50 Å². The predicted octanol–water partition coefficient (Wildman–Crippen LogP) is 1.59. The molecule has 1 aromatic carbocycles. The van der Waals surface area contributed by atoms with E-state index in [0.29, 0.717) is 11.3 Å². The zero-order valence-electron chi connectivity index (χ0n) is 8.49. The molecular weight excluding hydrogens is 211 g/mol. The number of hydrogen-bond donors (Lipinski definition) is 2. The van der Waals surface area contributed by atoms with Crippen LogP contribution in [0.15, 0.2) is 29.1 Å². The summed E-state index contributed by atoms with van der Waals surface area (Å²) < 4.78 is 13.1. The molecule has 0 saturated carbocycles. The first-order valence-corrected chi connectivity index (χ1v) is 4.63. The topological polar surface area (TPSA) is 66.0 Å². The first kappa shape index (κ1) is 10.4. The lowest BCUT2D eigenvalue weighted by Crippen LogP contribution is -2.08. The van der Waals surface area contributed by atoms with Gasteiger partial charge in [0.2, 0.25) is 0 Å². The van der Waals surface area contributed by atoms with Crippen molar-refractivity contribution in [1.29, 1.82) is 0 Å². The molecule has 0 aliphatic carbocycles. The van der Waals surface area contributed by atoms with E-state index in [0.717, 1.165) is 6.07 Å². The number of benzene rings is 1. The number of aromatic hydroxyl groups is 1. The van der Waals surface area contributed by atoms with Gasteiger partial charge in [0.05, 0.1) is 0 Å². The number of rotatable bonds is 1. The standard InChI is InChI=1S/C11H9FN2O2/c1-6-4-10(16)14-11(13-6)7-2-3-9(15)8(12)5-7/h2-5,15H,1H3,(H,13,14,16). The average Bonchev–Trinajstić information content (AvgIpc) is 2.20. The number of phenolic OH excluding ortho intramolecular Hbond substituents is 1. The van der Waals surface area contributed by atoms with Crippen molar-refractivity contribution in [2.75, 3.05) is 0 Å². The molecule has 0 radical (unpaired) electrons. The molecule has 0 aliphatic heterocycles. The molecule has 16 heavy (non-hydrogen) atoms. The highest BCUT2D eigenvalue weighted by molar-refractivity contribution is 5.56. The van der Waals surface area contributed by atoms with Crippen molar-refractivity contribution in [3.63, 3.8) is 0 Å². The maximum Gasteiger partial charge on any atom is 0.251 e. The second kappa shape index (κ2) is 3.77. The summed E-state index contributed by atoms with van der Waals surface area (Å²) in [5.41, 5.74) is 0.666. The van der Waals surface area contributed by atoms with E-state index < -0.39 is 11.6 Å². The van der Waals surface area contributed by atoms with E-state index in [-0.39, 0.29) is 11.4 Å². The van der Waals surface area contributed by atoms with Crippen LogP contribution in [0.5, 0.6) is 5.75 Å². The number of aryl methyl sites for hydroxylation is 1. The molecule has 0 atom stereocenters. The largest absolute Gasteiger partial charge is 0.505 e. The molecule has 0 aliphatic rings. The van der Waals surface area contributed by atoms with Crippen LogP contribution < -0.4 is 5.56 Å². The Labute approximate surface area is 90.4 Å². The van der Waals surface area contributed by atoms with Gasteiger partial charge in [0, 0.05) is 17.3 Å². The highest BCUT2D eigenvalue weighted by Crippen LogP contribution is 2.21. The van der Waals surface area contributed by atoms with Gasteiger partial charge in [-0.1, -0.05) is 0 Å². The molecule has 5 heteroatoms. The van der Waals surface area contributed by atoms with E-state index in [4.69, 9.17) is 5.11 Å². The Kier molecular flexibility index (Phi) is 2.44. The summed E-state index contributed by atoms with van der Waals surface area (Å²) in [6.45, 7) is 1.68. The van der Waals surface area contributed by atoms with E-state index in [2.05, 4.69) is 9.97 Å². The number of aromatic amines is 1. The number of H-pyrrole nitrogens is 1. The van der Waals surface area contributed by atoms with Crippen molar-refractivity contribution in [3.05, 3.63) is 46.1 Å². The van der Waals surface area contributed by atoms with E-state index in [1.165, 1.54) is 18.2 Å². The van der Waals surface area contributed by atoms with Gasteiger partial charge in [-0.05, 0) is 25.1 Å². The summed E-state index contributed by atoms with van der Waals surface area (Å²) in [6.07, 6.45) is 0. The Morgan fingerprint density at radius 2 is 2.12 bits per heavy atom. The monoisotopic (exact) mass is 220 g/mol. The van der Waals surface area contributed by atoms with Crippen LogP contribution in [0, 0.1) is 12.7 Å². The van der Waals surface area contributed by atoms with Gasteiger partial charge in [-0.15, -0.1) is 0 Å². The molecule has 1 aromatic heterocycles. The van der Waals surface area contributed by atoms with Crippen LogP contribution in [-0.2, 0) is 0 Å². The first-order valence-electron chi connectivity index (χ1n) is 4.63. The molecule has 2 N–H and O–H groups in total. The summed E-state index contributed by atoms with van der Waals surface area (Å²) in [6, 6.07) is 5.16. The van der Waals surface area contributed by atoms with Gasteiger partial charge in [-0.3, -0.25) is 4.79 Å². The lowest BCUT2D eigenvalue weighted by Gasteiger charge is -2.02. The minimum atomic E-state index is -0.748. The first-order chi connectivity index (χ1) is 7.56. The molecule has 0 spiro atoms. The molecule has 2 rings (SSSR count). The Balaban J connectivity index is 2.58. The van der Waals surface area contributed by atoms with Crippen molar-refractivity contribution in [2.24, 2.45) is 0 Å². The molecule has 4 nitrogen and oxygen atoms in total.